The summed E-state index contributed by atoms with van der Waals surface area (Å²) in [6.07, 6.45) is 1.07. The molecule has 1 aliphatic heterocycles. The van der Waals surface area contributed by atoms with Crippen LogP contribution in [0.15, 0.2) is 39.3 Å². The van der Waals surface area contributed by atoms with Crippen molar-refractivity contribution < 1.29 is 13.9 Å². The molecule has 2 aliphatic rings. The second-order valence-electron chi connectivity index (χ2n) is 6.67. The molecule has 0 fully saturated rings. The molecule has 0 saturated carbocycles. The van der Waals surface area contributed by atoms with Crippen LogP contribution in [-0.2, 0) is 9.53 Å². The highest BCUT2D eigenvalue weighted by Crippen LogP contribution is 2.48. The Labute approximate surface area is 129 Å². The highest BCUT2D eigenvalue weighted by Gasteiger charge is 2.43. The summed E-state index contributed by atoms with van der Waals surface area (Å²) in [4.78, 5) is 12.4. The second-order valence-corrected chi connectivity index (χ2v) is 6.67. The predicted octanol–water partition coefficient (Wildman–Crippen LogP) is 3.04. The van der Waals surface area contributed by atoms with Gasteiger partial charge in [0.15, 0.2) is 11.5 Å². The van der Waals surface area contributed by atoms with E-state index in [0.29, 0.717) is 24.2 Å². The number of carbonyl (C=O) groups is 1. The lowest BCUT2D eigenvalue weighted by atomic mass is 9.70. The van der Waals surface area contributed by atoms with Crippen molar-refractivity contribution in [3.05, 3.63) is 46.4 Å². The van der Waals surface area contributed by atoms with Crippen molar-refractivity contribution in [3.8, 4) is 6.07 Å². The topological polar surface area (TPSA) is 89.3 Å². The van der Waals surface area contributed by atoms with E-state index < -0.39 is 5.92 Å². The number of hydrogen-bond donors (Lipinski definition) is 1. The van der Waals surface area contributed by atoms with E-state index in [2.05, 4.69) is 6.07 Å². The van der Waals surface area contributed by atoms with Gasteiger partial charge in [-0.2, -0.15) is 5.26 Å². The van der Waals surface area contributed by atoms with Crippen LogP contribution in [0.5, 0.6) is 0 Å². The molecule has 1 aromatic heterocycles. The second kappa shape index (κ2) is 4.77. The lowest BCUT2D eigenvalue weighted by molar-refractivity contribution is -0.121. The first kappa shape index (κ1) is 14.5. The molecular weight excluding hydrogens is 280 g/mol. The number of carbonyl (C=O) groups excluding carboxylic acids is 1. The molecule has 0 spiro atoms. The Balaban J connectivity index is 2.18. The van der Waals surface area contributed by atoms with Gasteiger partial charge in [-0.05, 0) is 36.5 Å². The van der Waals surface area contributed by atoms with E-state index in [0.717, 1.165) is 11.3 Å². The molecule has 0 saturated heterocycles. The lowest BCUT2D eigenvalue weighted by Gasteiger charge is -2.36. The average molecular weight is 298 g/mol. The molecule has 5 heteroatoms. The Morgan fingerprint density at radius 2 is 2.09 bits per heavy atom. The molecule has 1 unspecified atom stereocenters. The number of rotatable bonds is 1. The number of ether oxygens (including phenoxy) is 1. The smallest absolute Gasteiger partial charge is 0.205 e. The van der Waals surface area contributed by atoms with Gasteiger partial charge < -0.3 is 14.9 Å². The van der Waals surface area contributed by atoms with Crippen LogP contribution in [0.25, 0.3) is 0 Å². The maximum absolute atomic E-state index is 12.4. The number of furan rings is 1. The van der Waals surface area contributed by atoms with Gasteiger partial charge in [0.2, 0.25) is 5.88 Å². The zero-order chi connectivity index (χ0) is 16.1. The molecule has 0 amide bonds. The van der Waals surface area contributed by atoms with E-state index >= 15 is 0 Å². The summed E-state index contributed by atoms with van der Waals surface area (Å²) < 4.78 is 11.2. The van der Waals surface area contributed by atoms with Crippen molar-refractivity contribution in [1.29, 1.82) is 5.26 Å². The standard InChI is InChI=1S/C17H18N2O3/c1-9-4-5-13(21-9)14-10-6-17(2,3)7-12(20)15(10)22-16(19)11(14)8-18/h4-5,14H,6-7,19H2,1-3H3. The van der Waals surface area contributed by atoms with E-state index in [4.69, 9.17) is 14.9 Å². The van der Waals surface area contributed by atoms with E-state index in [1.807, 2.05) is 32.9 Å². The van der Waals surface area contributed by atoms with Crippen molar-refractivity contribution in [3.63, 3.8) is 0 Å². The summed E-state index contributed by atoms with van der Waals surface area (Å²) in [6.45, 7) is 5.91. The third kappa shape index (κ3) is 2.21. The van der Waals surface area contributed by atoms with Crippen LogP contribution < -0.4 is 5.73 Å². The quantitative estimate of drug-likeness (QED) is 0.860. The molecule has 1 aliphatic carbocycles. The zero-order valence-corrected chi connectivity index (χ0v) is 12.9. The van der Waals surface area contributed by atoms with Gasteiger partial charge in [0.25, 0.3) is 0 Å². The Hall–Kier alpha value is -2.48. The fourth-order valence-corrected chi connectivity index (χ4v) is 3.23. The number of ketones is 1. The van der Waals surface area contributed by atoms with Crippen LogP contribution in [0.2, 0.25) is 0 Å². The number of Topliss-reactive ketones (excluding diaryl/α,β-unsaturated/α-hetero) is 1. The maximum Gasteiger partial charge on any atom is 0.205 e. The molecule has 22 heavy (non-hydrogen) atoms. The van der Waals surface area contributed by atoms with Crippen LogP contribution in [0.1, 0.15) is 44.1 Å². The Morgan fingerprint density at radius 1 is 1.36 bits per heavy atom. The van der Waals surface area contributed by atoms with Gasteiger partial charge in [-0.1, -0.05) is 13.8 Å². The lowest BCUT2D eigenvalue weighted by Crippen LogP contribution is -2.33. The molecule has 0 bridgehead atoms. The summed E-state index contributed by atoms with van der Waals surface area (Å²) in [5.41, 5.74) is 6.79. The predicted molar refractivity (Wildman–Crippen MR) is 79.1 cm³/mol. The minimum atomic E-state index is -0.439. The maximum atomic E-state index is 12.4. The largest absolute Gasteiger partial charge is 0.465 e. The van der Waals surface area contributed by atoms with Gasteiger partial charge in [-0.15, -0.1) is 0 Å². The first-order valence-corrected chi connectivity index (χ1v) is 7.22. The highest BCUT2D eigenvalue weighted by atomic mass is 16.5. The molecule has 114 valence electrons. The van der Waals surface area contributed by atoms with Crippen LogP contribution in [0.4, 0.5) is 0 Å². The van der Waals surface area contributed by atoms with E-state index in [-0.39, 0.29) is 22.8 Å². The Morgan fingerprint density at radius 3 is 2.68 bits per heavy atom. The molecule has 2 heterocycles. The number of nitrogens with zero attached hydrogens (tertiary/aromatic N) is 1. The fraction of sp³-hybridized carbons (Fsp3) is 0.412. The van der Waals surface area contributed by atoms with E-state index in [1.165, 1.54) is 0 Å². The molecular formula is C17H18N2O3. The molecule has 0 radical (unpaired) electrons. The van der Waals surface area contributed by atoms with Crippen LogP contribution in [0, 0.1) is 23.7 Å². The fourth-order valence-electron chi connectivity index (χ4n) is 3.23. The summed E-state index contributed by atoms with van der Waals surface area (Å²) >= 11 is 0. The van der Waals surface area contributed by atoms with Gasteiger partial charge in [0.1, 0.15) is 23.2 Å². The first-order chi connectivity index (χ1) is 10.3. The molecule has 1 aromatic rings. The highest BCUT2D eigenvalue weighted by molar-refractivity contribution is 5.96. The Kier molecular flexibility index (Phi) is 3.13. The van der Waals surface area contributed by atoms with Gasteiger partial charge in [0, 0.05) is 6.42 Å². The summed E-state index contributed by atoms with van der Waals surface area (Å²) in [6, 6.07) is 5.78. The first-order valence-electron chi connectivity index (χ1n) is 7.22. The minimum absolute atomic E-state index is 0.00615. The summed E-state index contributed by atoms with van der Waals surface area (Å²) in [5, 5.41) is 9.47. The van der Waals surface area contributed by atoms with Gasteiger partial charge >= 0.3 is 0 Å². The average Bonchev–Trinajstić information content (AvgIpc) is 2.84. The van der Waals surface area contributed by atoms with Crippen molar-refractivity contribution in [2.45, 2.75) is 39.5 Å². The van der Waals surface area contributed by atoms with Crippen LogP contribution >= 0.6 is 0 Å². The molecule has 5 nitrogen and oxygen atoms in total. The van der Waals surface area contributed by atoms with Crippen molar-refractivity contribution in [2.75, 3.05) is 0 Å². The SMILES string of the molecule is Cc1ccc(C2C(C#N)=C(N)OC3=C2CC(C)(C)CC3=O)o1. The number of hydrogen-bond acceptors (Lipinski definition) is 5. The van der Waals surface area contributed by atoms with Crippen molar-refractivity contribution >= 4 is 5.78 Å². The molecule has 0 aromatic carbocycles. The molecule has 2 N–H and O–H groups in total. The van der Waals surface area contributed by atoms with Crippen LogP contribution in [-0.4, -0.2) is 5.78 Å². The Bertz CT molecular complexity index is 759. The monoisotopic (exact) mass is 298 g/mol. The van der Waals surface area contributed by atoms with Crippen LogP contribution in [0.3, 0.4) is 0 Å². The van der Waals surface area contributed by atoms with Gasteiger partial charge in [0.05, 0.1) is 5.92 Å². The summed E-state index contributed by atoms with van der Waals surface area (Å²) in [7, 11) is 0. The van der Waals surface area contributed by atoms with E-state index in [1.54, 1.807) is 0 Å². The van der Waals surface area contributed by atoms with Crippen molar-refractivity contribution in [2.24, 2.45) is 11.1 Å². The van der Waals surface area contributed by atoms with Gasteiger partial charge in [-0.3, -0.25) is 4.79 Å². The third-order valence-corrected chi connectivity index (χ3v) is 4.13. The molecule has 3 rings (SSSR count). The molecule has 1 atom stereocenters. The minimum Gasteiger partial charge on any atom is -0.465 e. The summed E-state index contributed by atoms with van der Waals surface area (Å²) in [5.74, 6) is 1.15. The van der Waals surface area contributed by atoms with Crippen molar-refractivity contribution in [1.82, 2.24) is 0 Å². The third-order valence-electron chi connectivity index (χ3n) is 4.13. The normalized spacial score (nSPS) is 23.9. The number of allylic oxidation sites excluding steroid dienone is 3. The van der Waals surface area contributed by atoms with Gasteiger partial charge in [-0.25, -0.2) is 0 Å². The number of aryl methyl sites for hydroxylation is 1. The zero-order valence-electron chi connectivity index (χ0n) is 12.9. The number of nitriles is 1. The van der Waals surface area contributed by atoms with E-state index in [9.17, 15) is 10.1 Å². The number of nitrogens with two attached hydrogens (primary N) is 1.